The summed E-state index contributed by atoms with van der Waals surface area (Å²) >= 11 is 0. The normalized spacial score (nSPS) is 10.1. The van der Waals surface area contributed by atoms with E-state index in [-0.39, 0.29) is 22.8 Å². The Labute approximate surface area is 137 Å². The van der Waals surface area contributed by atoms with Gasteiger partial charge in [0.05, 0.1) is 21.3 Å². The number of hydrogen-bond acceptors (Lipinski definition) is 7. The standard InChI is InChI=1S/C16H15NO7/c1-21-13-10(9-7-5-4-6-8-9)11(15(18)19)12(16(20)24-23-3)17-14(13)22-2/h4-8H,1-3H3,(H,18,19). The maximum absolute atomic E-state index is 12.1. The van der Waals surface area contributed by atoms with Gasteiger partial charge in [-0.2, -0.15) is 4.89 Å². The molecule has 0 fully saturated rings. The third-order valence-electron chi connectivity index (χ3n) is 3.15. The zero-order chi connectivity index (χ0) is 17.7. The van der Waals surface area contributed by atoms with Gasteiger partial charge in [0.1, 0.15) is 5.56 Å². The van der Waals surface area contributed by atoms with Gasteiger partial charge in [-0.25, -0.2) is 14.6 Å². The van der Waals surface area contributed by atoms with Crippen molar-refractivity contribution in [2.75, 3.05) is 21.3 Å². The molecule has 2 aromatic rings. The molecule has 0 spiro atoms. The minimum absolute atomic E-state index is 0.0515. The predicted octanol–water partition coefficient (Wildman–Crippen LogP) is 2.18. The van der Waals surface area contributed by atoms with Crippen LogP contribution in [0.5, 0.6) is 11.6 Å². The molecule has 0 atom stereocenters. The lowest BCUT2D eigenvalue weighted by Crippen LogP contribution is -2.17. The van der Waals surface area contributed by atoms with Gasteiger partial charge in [-0.3, -0.25) is 4.89 Å². The van der Waals surface area contributed by atoms with Crippen LogP contribution in [0.4, 0.5) is 0 Å². The van der Waals surface area contributed by atoms with Gasteiger partial charge in [-0.05, 0) is 5.56 Å². The molecule has 126 valence electrons. The van der Waals surface area contributed by atoms with Gasteiger partial charge >= 0.3 is 11.9 Å². The number of hydrogen-bond donors (Lipinski definition) is 1. The van der Waals surface area contributed by atoms with Crippen molar-refractivity contribution in [2.24, 2.45) is 0 Å². The van der Waals surface area contributed by atoms with Crippen LogP contribution < -0.4 is 9.47 Å². The van der Waals surface area contributed by atoms with Crippen LogP contribution >= 0.6 is 0 Å². The first-order chi connectivity index (χ1) is 11.5. The monoisotopic (exact) mass is 333 g/mol. The number of aromatic carboxylic acids is 1. The minimum Gasteiger partial charge on any atom is -0.491 e. The van der Waals surface area contributed by atoms with E-state index >= 15 is 0 Å². The maximum Gasteiger partial charge on any atom is 0.392 e. The number of nitrogens with zero attached hydrogens (tertiary/aromatic N) is 1. The van der Waals surface area contributed by atoms with Crippen LogP contribution in [0.1, 0.15) is 20.8 Å². The molecule has 0 aliphatic rings. The highest BCUT2D eigenvalue weighted by molar-refractivity contribution is 6.07. The topological polar surface area (TPSA) is 104 Å². The van der Waals surface area contributed by atoms with Crippen molar-refractivity contribution in [1.82, 2.24) is 4.98 Å². The molecule has 2 rings (SSSR count). The van der Waals surface area contributed by atoms with E-state index in [0.29, 0.717) is 5.56 Å². The Balaban J connectivity index is 2.89. The number of carbonyl (C=O) groups excluding carboxylic acids is 1. The number of rotatable bonds is 6. The van der Waals surface area contributed by atoms with Gasteiger partial charge < -0.3 is 14.6 Å². The van der Waals surface area contributed by atoms with Crippen molar-refractivity contribution < 1.29 is 33.9 Å². The van der Waals surface area contributed by atoms with Crippen LogP contribution in [0, 0.1) is 0 Å². The van der Waals surface area contributed by atoms with E-state index in [1.807, 2.05) is 0 Å². The Kier molecular flexibility index (Phi) is 5.33. The Bertz CT molecular complexity index is 759. The first kappa shape index (κ1) is 17.2. The van der Waals surface area contributed by atoms with Crippen molar-refractivity contribution in [1.29, 1.82) is 0 Å². The molecule has 1 aromatic carbocycles. The number of carbonyl (C=O) groups is 2. The van der Waals surface area contributed by atoms with E-state index < -0.39 is 17.6 Å². The van der Waals surface area contributed by atoms with E-state index in [0.717, 1.165) is 7.11 Å². The molecule has 0 unspecified atom stereocenters. The molecule has 8 heteroatoms. The highest BCUT2D eigenvalue weighted by atomic mass is 17.2. The number of methoxy groups -OCH3 is 2. The van der Waals surface area contributed by atoms with E-state index in [1.54, 1.807) is 30.3 Å². The van der Waals surface area contributed by atoms with Gasteiger partial charge in [-0.1, -0.05) is 30.3 Å². The fourth-order valence-corrected chi connectivity index (χ4v) is 2.23. The second-order valence-corrected chi connectivity index (χ2v) is 4.46. The molecular weight excluding hydrogens is 318 g/mol. The van der Waals surface area contributed by atoms with Crippen LogP contribution in [0.3, 0.4) is 0 Å². The minimum atomic E-state index is -1.37. The summed E-state index contributed by atoms with van der Waals surface area (Å²) in [5.74, 6) is -2.39. The van der Waals surface area contributed by atoms with E-state index in [4.69, 9.17) is 9.47 Å². The van der Waals surface area contributed by atoms with Crippen molar-refractivity contribution in [3.63, 3.8) is 0 Å². The maximum atomic E-state index is 12.1. The highest BCUT2D eigenvalue weighted by Crippen LogP contribution is 2.40. The van der Waals surface area contributed by atoms with Crippen LogP contribution in [0.15, 0.2) is 30.3 Å². The second kappa shape index (κ2) is 7.42. The zero-order valence-corrected chi connectivity index (χ0v) is 13.2. The average molecular weight is 333 g/mol. The summed E-state index contributed by atoms with van der Waals surface area (Å²) < 4.78 is 10.4. The molecule has 0 saturated carbocycles. The van der Waals surface area contributed by atoms with Gasteiger partial charge in [0.2, 0.25) is 0 Å². The third kappa shape index (κ3) is 3.13. The van der Waals surface area contributed by atoms with E-state index in [9.17, 15) is 14.7 Å². The van der Waals surface area contributed by atoms with Crippen LogP contribution in [0.25, 0.3) is 11.1 Å². The van der Waals surface area contributed by atoms with Gasteiger partial charge in [-0.15, -0.1) is 0 Å². The molecular formula is C16H15NO7. The molecule has 8 nitrogen and oxygen atoms in total. The predicted molar refractivity (Wildman–Crippen MR) is 82.2 cm³/mol. The van der Waals surface area contributed by atoms with Crippen LogP contribution in [0.2, 0.25) is 0 Å². The lowest BCUT2D eigenvalue weighted by molar-refractivity contribution is -0.216. The van der Waals surface area contributed by atoms with Crippen molar-refractivity contribution in [3.05, 3.63) is 41.6 Å². The molecule has 0 radical (unpaired) electrons. The number of carboxylic acid groups (broad SMARTS) is 1. The van der Waals surface area contributed by atoms with Crippen molar-refractivity contribution >= 4 is 11.9 Å². The quantitative estimate of drug-likeness (QED) is 0.633. The fourth-order valence-electron chi connectivity index (χ4n) is 2.23. The number of aromatic nitrogens is 1. The first-order valence-corrected chi connectivity index (χ1v) is 6.74. The zero-order valence-electron chi connectivity index (χ0n) is 13.2. The lowest BCUT2D eigenvalue weighted by Gasteiger charge is -2.16. The summed E-state index contributed by atoms with van der Waals surface area (Å²) in [4.78, 5) is 36.5. The van der Waals surface area contributed by atoms with Gasteiger partial charge in [0, 0.05) is 5.56 Å². The average Bonchev–Trinajstić information content (AvgIpc) is 2.60. The SMILES string of the molecule is COOC(=O)c1nc(OC)c(OC)c(-c2ccccc2)c1C(=O)O. The summed E-state index contributed by atoms with van der Waals surface area (Å²) in [6.45, 7) is 0. The summed E-state index contributed by atoms with van der Waals surface area (Å²) in [6.07, 6.45) is 0. The Morgan fingerprint density at radius 3 is 2.21 bits per heavy atom. The second-order valence-electron chi connectivity index (χ2n) is 4.46. The summed E-state index contributed by atoms with van der Waals surface area (Å²) in [5, 5.41) is 9.62. The molecule has 24 heavy (non-hydrogen) atoms. The van der Waals surface area contributed by atoms with E-state index in [2.05, 4.69) is 14.8 Å². The smallest absolute Gasteiger partial charge is 0.392 e. The van der Waals surface area contributed by atoms with Crippen LogP contribution in [-0.4, -0.2) is 43.4 Å². The number of benzene rings is 1. The molecule has 1 heterocycles. The van der Waals surface area contributed by atoms with Crippen molar-refractivity contribution in [2.45, 2.75) is 0 Å². The first-order valence-electron chi connectivity index (χ1n) is 6.74. The van der Waals surface area contributed by atoms with E-state index in [1.165, 1.54) is 14.2 Å². The van der Waals surface area contributed by atoms with Gasteiger partial charge in [0.15, 0.2) is 11.4 Å². The molecule has 0 aliphatic heterocycles. The largest absolute Gasteiger partial charge is 0.491 e. The fraction of sp³-hybridized carbons (Fsp3) is 0.188. The van der Waals surface area contributed by atoms with Crippen molar-refractivity contribution in [3.8, 4) is 22.8 Å². The lowest BCUT2D eigenvalue weighted by atomic mass is 9.97. The number of carboxylic acids is 1. The molecule has 0 bridgehead atoms. The third-order valence-corrected chi connectivity index (χ3v) is 3.15. The molecule has 0 aliphatic carbocycles. The molecule has 0 saturated heterocycles. The Hall–Kier alpha value is -3.13. The Morgan fingerprint density at radius 2 is 1.71 bits per heavy atom. The molecule has 1 aromatic heterocycles. The molecule has 1 N–H and O–H groups in total. The van der Waals surface area contributed by atoms with Gasteiger partial charge in [0.25, 0.3) is 5.88 Å². The number of ether oxygens (including phenoxy) is 2. The summed E-state index contributed by atoms with van der Waals surface area (Å²) in [5.41, 5.74) is -0.166. The summed E-state index contributed by atoms with van der Waals surface area (Å²) in [6, 6.07) is 8.57. The summed E-state index contributed by atoms with van der Waals surface area (Å²) in [7, 11) is 3.80. The Morgan fingerprint density at radius 1 is 1.04 bits per heavy atom. The highest BCUT2D eigenvalue weighted by Gasteiger charge is 2.31. The number of pyridine rings is 1. The van der Waals surface area contributed by atoms with Crippen LogP contribution in [-0.2, 0) is 9.78 Å². The molecule has 0 amide bonds.